The zero-order valence-electron chi connectivity index (χ0n) is 14.6. The summed E-state index contributed by atoms with van der Waals surface area (Å²) in [5.74, 6) is 1.80. The van der Waals surface area contributed by atoms with Gasteiger partial charge in [-0.25, -0.2) is 9.97 Å². The molecule has 2 aliphatic rings. The summed E-state index contributed by atoms with van der Waals surface area (Å²) in [5.41, 5.74) is 2.19. The lowest BCUT2D eigenvalue weighted by atomic mass is 9.97. The molecule has 1 saturated heterocycles. The van der Waals surface area contributed by atoms with E-state index in [-0.39, 0.29) is 11.3 Å². The highest BCUT2D eigenvalue weighted by Gasteiger charge is 2.52. The summed E-state index contributed by atoms with van der Waals surface area (Å²) in [7, 11) is 0. The molecule has 3 rings (SSSR count). The Morgan fingerprint density at radius 2 is 1.96 bits per heavy atom. The van der Waals surface area contributed by atoms with Crippen LogP contribution in [0, 0.1) is 31.1 Å². The average Bonchev–Trinajstić information content (AvgIpc) is 3.17. The van der Waals surface area contributed by atoms with E-state index in [1.807, 2.05) is 13.8 Å². The molecule has 2 heterocycles. The summed E-state index contributed by atoms with van der Waals surface area (Å²) < 4.78 is 5.89. The summed E-state index contributed by atoms with van der Waals surface area (Å²) in [6.07, 6.45) is 4.63. The third-order valence-electron chi connectivity index (χ3n) is 5.48. The Hall–Kier alpha value is -1.65. The van der Waals surface area contributed by atoms with Gasteiger partial charge in [0.1, 0.15) is 6.33 Å². The molecule has 0 bridgehead atoms. The van der Waals surface area contributed by atoms with Crippen molar-refractivity contribution in [1.82, 2.24) is 14.9 Å². The monoisotopic (exact) mass is 317 g/mol. The molecule has 1 aliphatic heterocycles. The first-order valence-corrected chi connectivity index (χ1v) is 8.58. The summed E-state index contributed by atoms with van der Waals surface area (Å²) in [6.45, 7) is 10.7. The molecule has 0 aromatic carbocycles. The molecule has 1 amide bonds. The Bertz CT molecular complexity index is 592. The second-order valence-corrected chi connectivity index (χ2v) is 7.71. The Labute approximate surface area is 138 Å². The first-order valence-electron chi connectivity index (χ1n) is 8.58. The Morgan fingerprint density at radius 1 is 1.30 bits per heavy atom. The topological polar surface area (TPSA) is 55.3 Å². The van der Waals surface area contributed by atoms with Crippen molar-refractivity contribution in [2.24, 2.45) is 17.3 Å². The number of carbonyl (C=O) groups excluding carboxylic acids is 1. The SMILES string of the molecule is Cc1ncnc(OCC2CCN(C(=O)C3CC3(C)C)CC2)c1C. The number of amides is 1. The van der Waals surface area contributed by atoms with Crippen molar-refractivity contribution in [3.05, 3.63) is 17.6 Å². The smallest absolute Gasteiger partial charge is 0.226 e. The fraction of sp³-hybridized carbons (Fsp3) is 0.722. The summed E-state index contributed by atoms with van der Waals surface area (Å²) >= 11 is 0. The Kier molecular flexibility index (Phi) is 4.30. The van der Waals surface area contributed by atoms with Gasteiger partial charge in [0.25, 0.3) is 0 Å². The van der Waals surface area contributed by atoms with Gasteiger partial charge in [-0.3, -0.25) is 4.79 Å². The van der Waals surface area contributed by atoms with Crippen LogP contribution >= 0.6 is 0 Å². The number of aryl methyl sites for hydroxylation is 1. The number of piperidine rings is 1. The minimum absolute atomic E-state index is 0.222. The van der Waals surface area contributed by atoms with Crippen molar-refractivity contribution in [2.75, 3.05) is 19.7 Å². The van der Waals surface area contributed by atoms with Crippen LogP contribution in [0.15, 0.2) is 6.33 Å². The standard InChI is InChI=1S/C18H27N3O2/c1-12-13(2)19-11-20-16(12)23-10-14-5-7-21(8-6-14)17(22)15-9-18(15,3)4/h11,14-15H,5-10H2,1-4H3. The van der Waals surface area contributed by atoms with Gasteiger partial charge in [-0.15, -0.1) is 0 Å². The number of carbonyl (C=O) groups is 1. The molecule has 1 unspecified atom stereocenters. The molecule has 1 aromatic heterocycles. The molecule has 5 heteroatoms. The summed E-state index contributed by atoms with van der Waals surface area (Å²) in [4.78, 5) is 22.9. The van der Waals surface area contributed by atoms with E-state index in [1.165, 1.54) is 0 Å². The molecule has 2 fully saturated rings. The number of rotatable bonds is 4. The van der Waals surface area contributed by atoms with E-state index in [1.54, 1.807) is 6.33 Å². The summed E-state index contributed by atoms with van der Waals surface area (Å²) in [6, 6.07) is 0. The van der Waals surface area contributed by atoms with Gasteiger partial charge in [-0.05, 0) is 44.4 Å². The van der Waals surface area contributed by atoms with Crippen molar-refractivity contribution in [3.63, 3.8) is 0 Å². The quantitative estimate of drug-likeness (QED) is 0.857. The van der Waals surface area contributed by atoms with Gasteiger partial charge >= 0.3 is 0 Å². The van der Waals surface area contributed by atoms with Gasteiger partial charge in [0.05, 0.1) is 6.61 Å². The van der Waals surface area contributed by atoms with Crippen LogP contribution in [0.3, 0.4) is 0 Å². The van der Waals surface area contributed by atoms with Crippen LogP contribution in [0.2, 0.25) is 0 Å². The highest BCUT2D eigenvalue weighted by atomic mass is 16.5. The lowest BCUT2D eigenvalue weighted by molar-refractivity contribution is -0.134. The van der Waals surface area contributed by atoms with E-state index in [9.17, 15) is 4.79 Å². The summed E-state index contributed by atoms with van der Waals surface area (Å²) in [5, 5.41) is 0. The fourth-order valence-corrected chi connectivity index (χ4v) is 3.29. The van der Waals surface area contributed by atoms with Crippen molar-refractivity contribution in [2.45, 2.75) is 47.0 Å². The van der Waals surface area contributed by atoms with Crippen LogP contribution < -0.4 is 4.74 Å². The predicted molar refractivity (Wildman–Crippen MR) is 88.2 cm³/mol. The molecule has 0 radical (unpaired) electrons. The minimum atomic E-state index is 0.222. The second-order valence-electron chi connectivity index (χ2n) is 7.71. The van der Waals surface area contributed by atoms with E-state index in [0.29, 0.717) is 24.3 Å². The van der Waals surface area contributed by atoms with Gasteiger partial charge < -0.3 is 9.64 Å². The van der Waals surface area contributed by atoms with Gasteiger partial charge in [0, 0.05) is 30.3 Å². The third-order valence-corrected chi connectivity index (χ3v) is 5.48. The minimum Gasteiger partial charge on any atom is -0.477 e. The molecular formula is C18H27N3O2. The largest absolute Gasteiger partial charge is 0.477 e. The molecule has 1 saturated carbocycles. The highest BCUT2D eigenvalue weighted by Crippen LogP contribution is 2.52. The second kappa shape index (κ2) is 6.10. The number of nitrogens with zero attached hydrogens (tertiary/aromatic N) is 3. The van der Waals surface area contributed by atoms with Gasteiger partial charge in [-0.1, -0.05) is 13.8 Å². The number of aromatic nitrogens is 2. The molecule has 126 valence electrons. The van der Waals surface area contributed by atoms with Crippen molar-refractivity contribution < 1.29 is 9.53 Å². The van der Waals surface area contributed by atoms with Crippen LogP contribution in [0.4, 0.5) is 0 Å². The van der Waals surface area contributed by atoms with E-state index in [2.05, 4.69) is 28.7 Å². The van der Waals surface area contributed by atoms with Gasteiger partial charge in [0.2, 0.25) is 11.8 Å². The van der Waals surface area contributed by atoms with Crippen LogP contribution in [0.25, 0.3) is 0 Å². The lowest BCUT2D eigenvalue weighted by Crippen LogP contribution is -2.41. The maximum atomic E-state index is 12.4. The fourth-order valence-electron chi connectivity index (χ4n) is 3.29. The highest BCUT2D eigenvalue weighted by molar-refractivity contribution is 5.82. The predicted octanol–water partition coefficient (Wildman–Crippen LogP) is 2.76. The maximum Gasteiger partial charge on any atom is 0.226 e. The van der Waals surface area contributed by atoms with E-state index >= 15 is 0 Å². The third kappa shape index (κ3) is 3.48. The first-order chi connectivity index (χ1) is 10.9. The Morgan fingerprint density at radius 3 is 2.57 bits per heavy atom. The Balaban J connectivity index is 1.46. The number of hydrogen-bond donors (Lipinski definition) is 0. The average molecular weight is 317 g/mol. The van der Waals surface area contributed by atoms with Crippen LogP contribution in [0.5, 0.6) is 5.88 Å². The normalized spacial score (nSPS) is 23.7. The van der Waals surface area contributed by atoms with Crippen LogP contribution in [-0.2, 0) is 4.79 Å². The van der Waals surface area contributed by atoms with E-state index < -0.39 is 0 Å². The van der Waals surface area contributed by atoms with Crippen molar-refractivity contribution >= 4 is 5.91 Å². The van der Waals surface area contributed by atoms with Crippen LogP contribution in [0.1, 0.15) is 44.4 Å². The zero-order chi connectivity index (χ0) is 16.6. The number of hydrogen-bond acceptors (Lipinski definition) is 4. The van der Waals surface area contributed by atoms with E-state index in [0.717, 1.165) is 43.6 Å². The molecule has 23 heavy (non-hydrogen) atoms. The lowest BCUT2D eigenvalue weighted by Gasteiger charge is -2.32. The molecule has 0 N–H and O–H groups in total. The van der Waals surface area contributed by atoms with Gasteiger partial charge in [-0.2, -0.15) is 0 Å². The van der Waals surface area contributed by atoms with Crippen molar-refractivity contribution in [1.29, 1.82) is 0 Å². The molecule has 1 atom stereocenters. The maximum absolute atomic E-state index is 12.4. The molecule has 1 aromatic rings. The van der Waals surface area contributed by atoms with Crippen molar-refractivity contribution in [3.8, 4) is 5.88 Å². The molecule has 1 aliphatic carbocycles. The number of ether oxygens (including phenoxy) is 1. The molecule has 0 spiro atoms. The zero-order valence-corrected chi connectivity index (χ0v) is 14.6. The first kappa shape index (κ1) is 16.2. The molecular weight excluding hydrogens is 290 g/mol. The van der Waals surface area contributed by atoms with Gasteiger partial charge in [0.15, 0.2) is 0 Å². The molecule has 5 nitrogen and oxygen atoms in total. The number of likely N-dealkylation sites (tertiary alicyclic amines) is 1. The van der Waals surface area contributed by atoms with Crippen LogP contribution in [-0.4, -0.2) is 40.5 Å². The van der Waals surface area contributed by atoms with E-state index in [4.69, 9.17) is 4.74 Å².